The third-order valence-electron chi connectivity index (χ3n) is 5.86. The number of hydrogen-bond acceptors (Lipinski definition) is 5. The molecule has 5 aromatic rings. The summed E-state index contributed by atoms with van der Waals surface area (Å²) in [4.78, 5) is 47.1. The van der Waals surface area contributed by atoms with Crippen molar-refractivity contribution >= 4 is 33.5 Å². The summed E-state index contributed by atoms with van der Waals surface area (Å²) in [6.07, 6.45) is 1.43. The summed E-state index contributed by atoms with van der Waals surface area (Å²) in [7, 11) is 2.95. The number of fused-ring (bicyclic) bond motifs is 2. The van der Waals surface area contributed by atoms with Crippen LogP contribution in [0.15, 0.2) is 76.4 Å². The maximum absolute atomic E-state index is 13.4. The summed E-state index contributed by atoms with van der Waals surface area (Å²) in [5.74, 6) is -0.352. The Morgan fingerprint density at radius 2 is 1.65 bits per heavy atom. The van der Waals surface area contributed by atoms with Crippen LogP contribution < -0.4 is 16.6 Å². The Balaban J connectivity index is 1.60. The summed E-state index contributed by atoms with van der Waals surface area (Å²) in [6.45, 7) is 2.01. The van der Waals surface area contributed by atoms with Crippen LogP contribution in [0.5, 0.6) is 0 Å². The van der Waals surface area contributed by atoms with Crippen LogP contribution in [-0.2, 0) is 14.1 Å². The number of rotatable bonds is 3. The first-order valence-corrected chi connectivity index (χ1v) is 10.7. The molecule has 0 radical (unpaired) electrons. The van der Waals surface area contributed by atoms with Crippen molar-refractivity contribution in [3.05, 3.63) is 98.8 Å². The van der Waals surface area contributed by atoms with E-state index < -0.39 is 11.2 Å². The van der Waals surface area contributed by atoms with E-state index in [2.05, 4.69) is 10.3 Å². The Labute approximate surface area is 194 Å². The Bertz CT molecular complexity index is 1720. The molecule has 2 aromatic carbocycles. The highest BCUT2D eigenvalue weighted by Crippen LogP contribution is 2.26. The number of aromatic nitrogens is 4. The van der Waals surface area contributed by atoms with Gasteiger partial charge in [-0.15, -0.1) is 0 Å². The number of pyridine rings is 2. The molecule has 34 heavy (non-hydrogen) atoms. The largest absolute Gasteiger partial charge is 0.332 e. The van der Waals surface area contributed by atoms with Gasteiger partial charge in [-0.1, -0.05) is 48.0 Å². The van der Waals surface area contributed by atoms with Crippen LogP contribution in [0.1, 0.15) is 15.9 Å². The van der Waals surface area contributed by atoms with E-state index in [1.807, 2.05) is 55.5 Å². The highest BCUT2D eigenvalue weighted by Gasteiger charge is 2.16. The molecule has 3 heterocycles. The highest BCUT2D eigenvalue weighted by atomic mass is 16.2. The molecule has 0 fully saturated rings. The topological polar surface area (TPSA) is 98.9 Å². The number of benzene rings is 2. The van der Waals surface area contributed by atoms with Gasteiger partial charge in [0, 0.05) is 25.0 Å². The van der Waals surface area contributed by atoms with Crippen molar-refractivity contribution in [3.63, 3.8) is 0 Å². The number of para-hydroxylation sites is 1. The van der Waals surface area contributed by atoms with Crippen molar-refractivity contribution in [3.8, 4) is 11.3 Å². The summed E-state index contributed by atoms with van der Waals surface area (Å²) < 4.78 is 2.31. The van der Waals surface area contributed by atoms with Crippen LogP contribution in [0, 0.1) is 6.92 Å². The molecule has 168 valence electrons. The normalized spacial score (nSPS) is 11.1. The zero-order chi connectivity index (χ0) is 24.0. The molecule has 0 aliphatic rings. The van der Waals surface area contributed by atoms with Gasteiger partial charge in [0.15, 0.2) is 0 Å². The van der Waals surface area contributed by atoms with Crippen molar-refractivity contribution in [2.45, 2.75) is 6.92 Å². The van der Waals surface area contributed by atoms with Crippen LogP contribution in [0.4, 0.5) is 5.69 Å². The molecule has 0 atom stereocenters. The first kappa shape index (κ1) is 21.3. The number of amides is 1. The van der Waals surface area contributed by atoms with Gasteiger partial charge in [-0.25, -0.2) is 14.8 Å². The highest BCUT2D eigenvalue weighted by molar-refractivity contribution is 6.13. The van der Waals surface area contributed by atoms with Crippen molar-refractivity contribution in [2.24, 2.45) is 14.1 Å². The molecule has 1 amide bonds. The Morgan fingerprint density at radius 1 is 0.912 bits per heavy atom. The minimum absolute atomic E-state index is 0.238. The molecule has 5 rings (SSSR count). The number of nitrogens with one attached hydrogen (secondary N) is 1. The fraction of sp³-hybridized carbons (Fsp3) is 0.115. The molecule has 0 aliphatic heterocycles. The van der Waals surface area contributed by atoms with Gasteiger partial charge in [-0.05, 0) is 25.1 Å². The first-order chi connectivity index (χ1) is 16.3. The molecule has 0 aliphatic carbocycles. The maximum Gasteiger partial charge on any atom is 0.332 e. The smallest absolute Gasteiger partial charge is 0.321 e. The molecule has 8 nitrogen and oxygen atoms in total. The van der Waals surface area contributed by atoms with Crippen molar-refractivity contribution in [2.75, 3.05) is 5.32 Å². The lowest BCUT2D eigenvalue weighted by molar-refractivity contribution is 0.102. The molecule has 3 aromatic heterocycles. The molecule has 0 spiro atoms. The molecule has 0 saturated carbocycles. The minimum atomic E-state index is -0.474. The molecule has 0 saturated heterocycles. The summed E-state index contributed by atoms with van der Waals surface area (Å²) in [6, 6.07) is 18.7. The van der Waals surface area contributed by atoms with E-state index in [1.54, 1.807) is 13.1 Å². The molecule has 0 unspecified atom stereocenters. The average Bonchev–Trinajstić information content (AvgIpc) is 2.86. The number of hydrogen-bond donors (Lipinski definition) is 1. The third kappa shape index (κ3) is 3.55. The van der Waals surface area contributed by atoms with E-state index >= 15 is 0 Å². The fourth-order valence-corrected chi connectivity index (χ4v) is 3.97. The number of carbonyl (C=O) groups excluding carboxylic acids is 1. The van der Waals surface area contributed by atoms with Gasteiger partial charge in [-0.2, -0.15) is 0 Å². The lowest BCUT2D eigenvalue weighted by Crippen LogP contribution is -2.37. The molecular formula is C26H21N5O3. The number of aryl methyl sites for hydroxylation is 2. The van der Waals surface area contributed by atoms with E-state index in [1.165, 1.54) is 23.9 Å². The quantitative estimate of drug-likeness (QED) is 0.453. The van der Waals surface area contributed by atoms with Gasteiger partial charge in [0.2, 0.25) is 0 Å². The van der Waals surface area contributed by atoms with Crippen LogP contribution in [-0.4, -0.2) is 25.0 Å². The molecular weight excluding hydrogens is 430 g/mol. The number of carbonyl (C=O) groups is 1. The lowest BCUT2D eigenvalue weighted by atomic mass is 10.0. The third-order valence-corrected chi connectivity index (χ3v) is 5.86. The summed E-state index contributed by atoms with van der Waals surface area (Å²) in [5, 5.41) is 3.80. The van der Waals surface area contributed by atoms with E-state index in [0.717, 1.165) is 15.7 Å². The maximum atomic E-state index is 13.4. The van der Waals surface area contributed by atoms with Crippen LogP contribution in [0.3, 0.4) is 0 Å². The van der Waals surface area contributed by atoms with E-state index in [4.69, 9.17) is 4.98 Å². The van der Waals surface area contributed by atoms with Gasteiger partial charge in [0.25, 0.3) is 11.5 Å². The lowest BCUT2D eigenvalue weighted by Gasteiger charge is -2.12. The second kappa shape index (κ2) is 8.08. The van der Waals surface area contributed by atoms with Gasteiger partial charge in [0.05, 0.1) is 34.0 Å². The first-order valence-electron chi connectivity index (χ1n) is 10.7. The van der Waals surface area contributed by atoms with Gasteiger partial charge >= 0.3 is 5.69 Å². The Morgan fingerprint density at radius 3 is 2.41 bits per heavy atom. The number of nitrogens with zero attached hydrogens (tertiary/aromatic N) is 4. The van der Waals surface area contributed by atoms with Crippen molar-refractivity contribution < 1.29 is 4.79 Å². The predicted octanol–water partition coefficient (Wildman–Crippen LogP) is 3.41. The molecule has 1 N–H and O–H groups in total. The van der Waals surface area contributed by atoms with E-state index in [-0.39, 0.29) is 16.9 Å². The van der Waals surface area contributed by atoms with Crippen molar-refractivity contribution in [1.29, 1.82) is 0 Å². The Kier molecular flexibility index (Phi) is 5.05. The predicted molar refractivity (Wildman–Crippen MR) is 132 cm³/mol. The zero-order valence-electron chi connectivity index (χ0n) is 18.9. The van der Waals surface area contributed by atoms with E-state index in [0.29, 0.717) is 27.8 Å². The van der Waals surface area contributed by atoms with Crippen LogP contribution >= 0.6 is 0 Å². The SMILES string of the molecule is Cc1ccc(-c2cc(C(=O)Nc3cnc4c(c3)c(=O)n(C)c(=O)n4C)c3ccccc3n2)cc1. The summed E-state index contributed by atoms with van der Waals surface area (Å²) >= 11 is 0. The average molecular weight is 451 g/mol. The van der Waals surface area contributed by atoms with E-state index in [9.17, 15) is 14.4 Å². The number of anilines is 1. The standard InChI is InChI=1S/C26H21N5O3/c1-15-8-10-16(11-9-15)22-13-19(18-6-4-5-7-21(18)29-22)24(32)28-17-12-20-23(27-14-17)30(2)26(34)31(3)25(20)33/h4-14H,1-3H3,(H,28,32). The van der Waals surface area contributed by atoms with Crippen LogP contribution in [0.2, 0.25) is 0 Å². The second-order valence-corrected chi connectivity index (χ2v) is 8.19. The second-order valence-electron chi connectivity index (χ2n) is 8.19. The van der Waals surface area contributed by atoms with Crippen LogP contribution in [0.25, 0.3) is 33.2 Å². The van der Waals surface area contributed by atoms with Gasteiger partial charge in [0.1, 0.15) is 5.65 Å². The minimum Gasteiger partial charge on any atom is -0.321 e. The van der Waals surface area contributed by atoms with Gasteiger partial charge in [-0.3, -0.25) is 18.7 Å². The summed E-state index contributed by atoms with van der Waals surface area (Å²) in [5.41, 5.74) is 3.54. The fourth-order valence-electron chi connectivity index (χ4n) is 3.97. The van der Waals surface area contributed by atoms with Gasteiger partial charge < -0.3 is 5.32 Å². The Hall–Kier alpha value is -4.59. The zero-order valence-corrected chi connectivity index (χ0v) is 18.9. The monoisotopic (exact) mass is 451 g/mol. The van der Waals surface area contributed by atoms with Crippen molar-refractivity contribution in [1.82, 2.24) is 19.1 Å². The molecule has 8 heteroatoms. The molecule has 0 bridgehead atoms.